The molecule has 0 amide bonds. The molecule has 0 aromatic rings. The van der Waals surface area contributed by atoms with Gasteiger partial charge in [-0.3, -0.25) is 0 Å². The lowest BCUT2D eigenvalue weighted by Gasteiger charge is -2.38. The van der Waals surface area contributed by atoms with Gasteiger partial charge in [0.1, 0.15) is 0 Å². The van der Waals surface area contributed by atoms with Gasteiger partial charge >= 0.3 is 0 Å². The molecule has 0 bridgehead atoms. The van der Waals surface area contributed by atoms with E-state index < -0.39 is 0 Å². The van der Waals surface area contributed by atoms with E-state index in [9.17, 15) is 0 Å². The molecule has 2 fully saturated rings. The predicted molar refractivity (Wildman–Crippen MR) is 85.1 cm³/mol. The molecule has 1 saturated heterocycles. The van der Waals surface area contributed by atoms with Crippen LogP contribution in [-0.4, -0.2) is 50.8 Å². The maximum Gasteiger partial charge on any atom is 0.0506 e. The van der Waals surface area contributed by atoms with Crippen LogP contribution in [0.2, 0.25) is 0 Å². The van der Waals surface area contributed by atoms with E-state index in [1.54, 1.807) is 0 Å². The maximum absolute atomic E-state index is 5.61. The van der Waals surface area contributed by atoms with Crippen molar-refractivity contribution in [1.29, 1.82) is 0 Å². The van der Waals surface area contributed by atoms with Crippen LogP contribution in [0.15, 0.2) is 0 Å². The summed E-state index contributed by atoms with van der Waals surface area (Å²) in [5.74, 6) is 0.747. The number of nitrogens with zero attached hydrogens (tertiary/aromatic N) is 1. The molecule has 1 aliphatic carbocycles. The Hall–Kier alpha value is -0.120. The molecule has 118 valence electrons. The van der Waals surface area contributed by atoms with E-state index in [0.29, 0.717) is 5.41 Å². The van der Waals surface area contributed by atoms with E-state index >= 15 is 0 Å². The standard InChI is InChI=1S/C17H34N2O/c1-4-17(5-2,13-18-16-8-9-16)14-19(3)11-15-7-6-10-20-12-15/h15-16,18H,4-14H2,1-3H3. The molecule has 1 aliphatic heterocycles. The first-order chi connectivity index (χ1) is 9.67. The Bertz CT molecular complexity index is 268. The van der Waals surface area contributed by atoms with Gasteiger partial charge in [-0.1, -0.05) is 13.8 Å². The van der Waals surface area contributed by atoms with Crippen LogP contribution < -0.4 is 5.32 Å². The fraction of sp³-hybridized carbons (Fsp3) is 1.00. The van der Waals surface area contributed by atoms with Crippen molar-refractivity contribution in [3.05, 3.63) is 0 Å². The van der Waals surface area contributed by atoms with Gasteiger partial charge in [-0.15, -0.1) is 0 Å². The highest BCUT2D eigenvalue weighted by atomic mass is 16.5. The molecule has 1 heterocycles. The van der Waals surface area contributed by atoms with Gasteiger partial charge in [0.25, 0.3) is 0 Å². The third kappa shape index (κ3) is 5.01. The highest BCUT2D eigenvalue weighted by Gasteiger charge is 2.31. The molecular weight excluding hydrogens is 248 g/mol. The Morgan fingerprint density at radius 3 is 2.50 bits per heavy atom. The quantitative estimate of drug-likeness (QED) is 0.704. The van der Waals surface area contributed by atoms with Gasteiger partial charge in [0.15, 0.2) is 0 Å². The first kappa shape index (κ1) is 16.3. The van der Waals surface area contributed by atoms with Gasteiger partial charge in [0.05, 0.1) is 6.61 Å². The van der Waals surface area contributed by atoms with Gasteiger partial charge in [-0.2, -0.15) is 0 Å². The molecule has 20 heavy (non-hydrogen) atoms. The Morgan fingerprint density at radius 1 is 1.20 bits per heavy atom. The lowest BCUT2D eigenvalue weighted by molar-refractivity contribution is 0.0344. The minimum Gasteiger partial charge on any atom is -0.381 e. The molecule has 3 heteroatoms. The van der Waals surface area contributed by atoms with E-state index in [-0.39, 0.29) is 0 Å². The van der Waals surface area contributed by atoms with Crippen LogP contribution in [0, 0.1) is 11.3 Å². The smallest absolute Gasteiger partial charge is 0.0506 e. The second-order valence-corrected chi connectivity index (χ2v) is 7.14. The normalized spacial score (nSPS) is 24.3. The number of hydrogen-bond acceptors (Lipinski definition) is 3. The van der Waals surface area contributed by atoms with Gasteiger partial charge in [0, 0.05) is 32.3 Å². The Labute approximate surface area is 125 Å². The summed E-state index contributed by atoms with van der Waals surface area (Å²) in [5.41, 5.74) is 0.451. The monoisotopic (exact) mass is 282 g/mol. The number of nitrogens with one attached hydrogen (secondary N) is 1. The summed E-state index contributed by atoms with van der Waals surface area (Å²) >= 11 is 0. The highest BCUT2D eigenvalue weighted by Crippen LogP contribution is 2.29. The summed E-state index contributed by atoms with van der Waals surface area (Å²) in [6.45, 7) is 10.3. The van der Waals surface area contributed by atoms with Gasteiger partial charge in [-0.05, 0) is 56.9 Å². The lowest BCUT2D eigenvalue weighted by atomic mass is 9.81. The number of hydrogen-bond donors (Lipinski definition) is 1. The van der Waals surface area contributed by atoms with Crippen molar-refractivity contribution in [3.8, 4) is 0 Å². The first-order valence-electron chi connectivity index (χ1n) is 8.67. The minimum atomic E-state index is 0.451. The number of rotatable bonds is 9. The molecule has 0 radical (unpaired) electrons. The van der Waals surface area contributed by atoms with Crippen LogP contribution in [-0.2, 0) is 4.74 Å². The van der Waals surface area contributed by atoms with E-state index in [4.69, 9.17) is 4.74 Å². The fourth-order valence-corrected chi connectivity index (χ4v) is 3.46. The van der Waals surface area contributed by atoms with Crippen molar-refractivity contribution in [1.82, 2.24) is 10.2 Å². The molecule has 0 aromatic carbocycles. The van der Waals surface area contributed by atoms with Crippen molar-refractivity contribution < 1.29 is 4.74 Å². The Kier molecular flexibility index (Phi) is 6.31. The maximum atomic E-state index is 5.61. The van der Waals surface area contributed by atoms with E-state index in [2.05, 4.69) is 31.1 Å². The van der Waals surface area contributed by atoms with Crippen LogP contribution in [0.4, 0.5) is 0 Å². The topological polar surface area (TPSA) is 24.5 Å². The van der Waals surface area contributed by atoms with Gasteiger partial charge in [0.2, 0.25) is 0 Å². The molecule has 1 atom stereocenters. The third-order valence-electron chi connectivity index (χ3n) is 5.27. The van der Waals surface area contributed by atoms with Crippen LogP contribution in [0.3, 0.4) is 0 Å². The van der Waals surface area contributed by atoms with Gasteiger partial charge < -0.3 is 15.0 Å². The molecule has 0 aromatic heterocycles. The SMILES string of the molecule is CCC(CC)(CNC1CC1)CN(C)CC1CCCOC1. The van der Waals surface area contributed by atoms with Crippen molar-refractivity contribution in [3.63, 3.8) is 0 Å². The summed E-state index contributed by atoms with van der Waals surface area (Å²) in [7, 11) is 2.30. The van der Waals surface area contributed by atoms with Crippen LogP contribution in [0.5, 0.6) is 0 Å². The lowest BCUT2D eigenvalue weighted by Crippen LogP contribution is -2.44. The first-order valence-corrected chi connectivity index (χ1v) is 8.67. The average Bonchev–Trinajstić information content (AvgIpc) is 3.29. The van der Waals surface area contributed by atoms with Crippen molar-refractivity contribution in [2.75, 3.05) is 39.9 Å². The van der Waals surface area contributed by atoms with Gasteiger partial charge in [-0.25, -0.2) is 0 Å². The van der Waals surface area contributed by atoms with Crippen molar-refractivity contribution >= 4 is 0 Å². The molecule has 1 unspecified atom stereocenters. The van der Waals surface area contributed by atoms with E-state index in [0.717, 1.165) is 25.2 Å². The highest BCUT2D eigenvalue weighted by molar-refractivity contribution is 4.88. The zero-order valence-corrected chi connectivity index (χ0v) is 13.8. The molecule has 2 rings (SSSR count). The summed E-state index contributed by atoms with van der Waals surface area (Å²) in [6.07, 6.45) is 7.91. The summed E-state index contributed by atoms with van der Waals surface area (Å²) < 4.78 is 5.61. The van der Waals surface area contributed by atoms with Crippen LogP contribution in [0.25, 0.3) is 0 Å². The fourth-order valence-electron chi connectivity index (χ4n) is 3.46. The summed E-state index contributed by atoms with van der Waals surface area (Å²) in [4.78, 5) is 2.56. The number of ether oxygens (including phenoxy) is 1. The predicted octanol–water partition coefficient (Wildman–Crippen LogP) is 2.90. The summed E-state index contributed by atoms with van der Waals surface area (Å²) in [5, 5.41) is 3.76. The second kappa shape index (κ2) is 7.77. The molecule has 1 saturated carbocycles. The second-order valence-electron chi connectivity index (χ2n) is 7.14. The summed E-state index contributed by atoms with van der Waals surface area (Å²) in [6, 6.07) is 0.824. The van der Waals surface area contributed by atoms with Crippen LogP contribution >= 0.6 is 0 Å². The zero-order chi connectivity index (χ0) is 14.4. The molecule has 3 nitrogen and oxygen atoms in total. The molecule has 1 N–H and O–H groups in total. The molecule has 0 spiro atoms. The largest absolute Gasteiger partial charge is 0.381 e. The van der Waals surface area contributed by atoms with Crippen molar-refractivity contribution in [2.45, 2.75) is 58.4 Å². The third-order valence-corrected chi connectivity index (χ3v) is 5.27. The van der Waals surface area contributed by atoms with Crippen LogP contribution in [0.1, 0.15) is 52.4 Å². The average molecular weight is 282 g/mol. The molecule has 2 aliphatic rings. The van der Waals surface area contributed by atoms with E-state index in [1.807, 2.05) is 0 Å². The minimum absolute atomic E-state index is 0.451. The molecular formula is C17H34N2O. The van der Waals surface area contributed by atoms with Crippen molar-refractivity contribution in [2.24, 2.45) is 11.3 Å². The Balaban J connectivity index is 1.78. The Morgan fingerprint density at radius 2 is 1.95 bits per heavy atom. The zero-order valence-electron chi connectivity index (χ0n) is 13.8. The van der Waals surface area contributed by atoms with E-state index in [1.165, 1.54) is 58.2 Å².